The van der Waals surface area contributed by atoms with Gasteiger partial charge in [0.15, 0.2) is 0 Å². The molecule has 0 amide bonds. The summed E-state index contributed by atoms with van der Waals surface area (Å²) >= 11 is 0. The Balaban J connectivity index is 2.42. The van der Waals surface area contributed by atoms with Crippen molar-refractivity contribution >= 4 is 0 Å². The molecule has 1 rings (SSSR count). The molecule has 1 aromatic rings. The number of aliphatic hydroxyl groups is 1. The fourth-order valence-electron chi connectivity index (χ4n) is 2.00. The Hall–Kier alpha value is -1.46. The quantitative estimate of drug-likeness (QED) is 0.546. The molecule has 1 aromatic carbocycles. The molecule has 0 bridgehead atoms. The molecule has 0 spiro atoms. The van der Waals surface area contributed by atoms with Gasteiger partial charge in [-0.3, -0.25) is 15.0 Å². The SMILES string of the molecule is C[C@@H](CCN(CCO)Cc1ccccc1)C[N+](=O)[O-]. The Labute approximate surface area is 114 Å². The molecule has 0 saturated heterocycles. The fourth-order valence-corrected chi connectivity index (χ4v) is 2.00. The second-order valence-electron chi connectivity index (χ2n) is 4.89. The van der Waals surface area contributed by atoms with Gasteiger partial charge in [-0.25, -0.2) is 0 Å². The van der Waals surface area contributed by atoms with Crippen LogP contribution >= 0.6 is 0 Å². The normalized spacial score (nSPS) is 12.6. The van der Waals surface area contributed by atoms with Gasteiger partial charge >= 0.3 is 0 Å². The van der Waals surface area contributed by atoms with Crippen LogP contribution in [0.15, 0.2) is 30.3 Å². The van der Waals surface area contributed by atoms with E-state index < -0.39 is 0 Å². The highest BCUT2D eigenvalue weighted by molar-refractivity contribution is 5.14. The van der Waals surface area contributed by atoms with Crippen molar-refractivity contribution in [3.63, 3.8) is 0 Å². The van der Waals surface area contributed by atoms with Crippen LogP contribution in [0.1, 0.15) is 18.9 Å². The molecule has 0 saturated carbocycles. The Morgan fingerprint density at radius 3 is 2.58 bits per heavy atom. The van der Waals surface area contributed by atoms with Gasteiger partial charge in [-0.05, 0) is 18.5 Å². The molecule has 1 N–H and O–H groups in total. The number of benzene rings is 1. The molecule has 0 unspecified atom stereocenters. The largest absolute Gasteiger partial charge is 0.395 e. The lowest BCUT2D eigenvalue weighted by molar-refractivity contribution is -0.487. The molecule has 0 fully saturated rings. The van der Waals surface area contributed by atoms with Crippen molar-refractivity contribution in [3.05, 3.63) is 46.0 Å². The second kappa shape index (κ2) is 8.61. The first-order valence-corrected chi connectivity index (χ1v) is 6.60. The van der Waals surface area contributed by atoms with Gasteiger partial charge in [0.05, 0.1) is 6.61 Å². The van der Waals surface area contributed by atoms with Gasteiger partial charge in [0, 0.05) is 23.9 Å². The molecule has 1 atom stereocenters. The lowest BCUT2D eigenvalue weighted by Gasteiger charge is -2.22. The summed E-state index contributed by atoms with van der Waals surface area (Å²) in [5.74, 6) is 0.0620. The summed E-state index contributed by atoms with van der Waals surface area (Å²) in [5.41, 5.74) is 1.19. The first kappa shape index (κ1) is 15.6. The number of nitro groups is 1. The first-order chi connectivity index (χ1) is 9.11. The number of hydrogen-bond donors (Lipinski definition) is 1. The van der Waals surface area contributed by atoms with Crippen LogP contribution in [0.4, 0.5) is 0 Å². The highest BCUT2D eigenvalue weighted by atomic mass is 16.6. The molecule has 0 radical (unpaired) electrons. The van der Waals surface area contributed by atoms with Crippen molar-refractivity contribution in [2.75, 3.05) is 26.2 Å². The van der Waals surface area contributed by atoms with E-state index in [1.807, 2.05) is 37.3 Å². The maximum Gasteiger partial charge on any atom is 0.206 e. The summed E-state index contributed by atoms with van der Waals surface area (Å²) in [6, 6.07) is 10.0. The van der Waals surface area contributed by atoms with Crippen molar-refractivity contribution < 1.29 is 10.0 Å². The molecule has 0 aromatic heterocycles. The van der Waals surface area contributed by atoms with Gasteiger partial charge in [0.25, 0.3) is 0 Å². The van der Waals surface area contributed by atoms with E-state index in [2.05, 4.69) is 4.90 Å². The van der Waals surface area contributed by atoms with Gasteiger partial charge in [0.1, 0.15) is 0 Å². The zero-order valence-electron chi connectivity index (χ0n) is 11.4. The molecule has 0 aliphatic heterocycles. The second-order valence-corrected chi connectivity index (χ2v) is 4.89. The minimum Gasteiger partial charge on any atom is -0.395 e. The van der Waals surface area contributed by atoms with E-state index in [1.165, 1.54) is 5.56 Å². The first-order valence-electron chi connectivity index (χ1n) is 6.60. The summed E-state index contributed by atoms with van der Waals surface area (Å²) in [4.78, 5) is 12.3. The molecule has 0 heterocycles. The van der Waals surface area contributed by atoms with Crippen LogP contribution in [-0.4, -0.2) is 41.2 Å². The van der Waals surface area contributed by atoms with Gasteiger partial charge in [0.2, 0.25) is 6.54 Å². The van der Waals surface area contributed by atoms with Gasteiger partial charge in [-0.2, -0.15) is 0 Å². The van der Waals surface area contributed by atoms with E-state index in [1.54, 1.807) is 0 Å². The Kier molecular flexibility index (Phi) is 7.07. The monoisotopic (exact) mass is 266 g/mol. The van der Waals surface area contributed by atoms with Crippen molar-refractivity contribution in [2.24, 2.45) is 5.92 Å². The average Bonchev–Trinajstić information content (AvgIpc) is 2.37. The summed E-state index contributed by atoms with van der Waals surface area (Å²) < 4.78 is 0. The van der Waals surface area contributed by atoms with E-state index in [4.69, 9.17) is 5.11 Å². The molecular weight excluding hydrogens is 244 g/mol. The molecule has 19 heavy (non-hydrogen) atoms. The summed E-state index contributed by atoms with van der Waals surface area (Å²) in [5, 5.41) is 19.5. The van der Waals surface area contributed by atoms with Crippen LogP contribution in [-0.2, 0) is 6.54 Å². The number of nitrogens with zero attached hydrogens (tertiary/aromatic N) is 2. The third-order valence-electron chi connectivity index (χ3n) is 3.06. The van der Waals surface area contributed by atoms with Crippen molar-refractivity contribution in [3.8, 4) is 0 Å². The van der Waals surface area contributed by atoms with E-state index in [9.17, 15) is 10.1 Å². The lowest BCUT2D eigenvalue weighted by atomic mass is 10.1. The van der Waals surface area contributed by atoms with Gasteiger partial charge in [-0.15, -0.1) is 0 Å². The summed E-state index contributed by atoms with van der Waals surface area (Å²) in [6.45, 7) is 4.15. The van der Waals surface area contributed by atoms with Crippen molar-refractivity contribution in [2.45, 2.75) is 19.9 Å². The van der Waals surface area contributed by atoms with E-state index >= 15 is 0 Å². The summed E-state index contributed by atoms with van der Waals surface area (Å²) in [7, 11) is 0. The zero-order chi connectivity index (χ0) is 14.1. The zero-order valence-corrected chi connectivity index (χ0v) is 11.4. The van der Waals surface area contributed by atoms with Crippen molar-refractivity contribution in [1.29, 1.82) is 0 Å². The van der Waals surface area contributed by atoms with Crippen LogP contribution in [0.25, 0.3) is 0 Å². The Bertz CT molecular complexity index is 370. The van der Waals surface area contributed by atoms with Gasteiger partial charge < -0.3 is 5.11 Å². The highest BCUT2D eigenvalue weighted by Gasteiger charge is 2.12. The summed E-state index contributed by atoms with van der Waals surface area (Å²) in [6.07, 6.45) is 0.772. The minimum atomic E-state index is -0.266. The lowest BCUT2D eigenvalue weighted by Crippen LogP contribution is -2.29. The number of hydrogen-bond acceptors (Lipinski definition) is 4. The average molecular weight is 266 g/mol. The topological polar surface area (TPSA) is 66.6 Å². The number of aliphatic hydroxyl groups excluding tert-OH is 1. The predicted octanol–water partition coefficient (Wildman–Crippen LogP) is 1.78. The highest BCUT2D eigenvalue weighted by Crippen LogP contribution is 2.08. The van der Waals surface area contributed by atoms with Crippen LogP contribution < -0.4 is 0 Å². The maximum atomic E-state index is 10.4. The maximum absolute atomic E-state index is 10.4. The van der Waals surface area contributed by atoms with Crippen LogP contribution in [0, 0.1) is 16.0 Å². The van der Waals surface area contributed by atoms with E-state index in [0.29, 0.717) is 6.54 Å². The van der Waals surface area contributed by atoms with Crippen molar-refractivity contribution in [1.82, 2.24) is 4.90 Å². The van der Waals surface area contributed by atoms with Gasteiger partial charge in [-0.1, -0.05) is 37.3 Å². The number of rotatable bonds is 9. The molecule has 5 heteroatoms. The predicted molar refractivity (Wildman–Crippen MR) is 74.4 cm³/mol. The third-order valence-corrected chi connectivity index (χ3v) is 3.06. The van der Waals surface area contributed by atoms with Crippen LogP contribution in [0.3, 0.4) is 0 Å². The molecule has 106 valence electrons. The smallest absolute Gasteiger partial charge is 0.206 e. The Morgan fingerprint density at radius 1 is 1.32 bits per heavy atom. The standard InChI is InChI=1S/C14H22N2O3/c1-13(11-16(18)19)7-8-15(9-10-17)12-14-5-3-2-4-6-14/h2-6,13,17H,7-12H2,1H3/t13-/m0/s1. The Morgan fingerprint density at radius 2 is 2.00 bits per heavy atom. The molecule has 5 nitrogen and oxygen atoms in total. The van der Waals surface area contributed by atoms with E-state index in [-0.39, 0.29) is 24.0 Å². The van der Waals surface area contributed by atoms with E-state index in [0.717, 1.165) is 19.5 Å². The fraction of sp³-hybridized carbons (Fsp3) is 0.571. The third kappa shape index (κ3) is 6.88. The minimum absolute atomic E-state index is 0.0122. The molecular formula is C14H22N2O3. The molecule has 0 aliphatic carbocycles. The molecule has 0 aliphatic rings. The van der Waals surface area contributed by atoms with Crippen LogP contribution in [0.2, 0.25) is 0 Å². The van der Waals surface area contributed by atoms with Crippen LogP contribution in [0.5, 0.6) is 0 Å².